The number of aromatic nitrogens is 3. The van der Waals surface area contributed by atoms with E-state index in [1.807, 2.05) is 4.90 Å². The number of H-pyrrole nitrogens is 1. The van der Waals surface area contributed by atoms with E-state index in [1.165, 1.54) is 12.1 Å². The third-order valence-electron chi connectivity index (χ3n) is 3.66. The number of carbonyl (C=O) groups is 1. The Morgan fingerprint density at radius 3 is 2.65 bits per heavy atom. The fraction of sp³-hybridized carbons (Fsp3) is 0.267. The van der Waals surface area contributed by atoms with Crippen molar-refractivity contribution in [3.05, 3.63) is 52.1 Å². The zero-order valence-electron chi connectivity index (χ0n) is 12.3. The highest BCUT2D eigenvalue weighted by molar-refractivity contribution is 5.92. The molecular weight excluding hydrogens is 296 g/mol. The first kappa shape index (κ1) is 14.7. The number of nitrogens with one attached hydrogen (secondary N) is 1. The van der Waals surface area contributed by atoms with Gasteiger partial charge < -0.3 is 9.80 Å². The molecule has 0 aliphatic carbocycles. The number of amides is 1. The van der Waals surface area contributed by atoms with Gasteiger partial charge in [-0.3, -0.25) is 9.59 Å². The van der Waals surface area contributed by atoms with Gasteiger partial charge in [0.05, 0.1) is 11.6 Å². The van der Waals surface area contributed by atoms with Gasteiger partial charge in [0, 0.05) is 38.4 Å². The number of piperazine rings is 1. The Morgan fingerprint density at radius 1 is 1.22 bits per heavy atom. The molecule has 0 radical (unpaired) electrons. The van der Waals surface area contributed by atoms with Crippen LogP contribution in [0.5, 0.6) is 0 Å². The van der Waals surface area contributed by atoms with E-state index < -0.39 is 0 Å². The average molecular weight is 310 g/mol. The van der Waals surface area contributed by atoms with E-state index in [0.717, 1.165) is 5.82 Å². The number of rotatable bonds is 2. The van der Waals surface area contributed by atoms with Crippen molar-refractivity contribution in [1.82, 2.24) is 20.1 Å². The first-order valence-corrected chi connectivity index (χ1v) is 7.13. The molecule has 2 aromatic rings. The summed E-state index contributed by atoms with van der Waals surface area (Å²) in [5.41, 5.74) is 0.448. The lowest BCUT2D eigenvalue weighted by Crippen LogP contribution is -2.49. The molecule has 1 fully saturated rings. The zero-order valence-corrected chi connectivity index (χ0v) is 12.3. The van der Waals surface area contributed by atoms with Crippen LogP contribution in [0.2, 0.25) is 0 Å². The highest BCUT2D eigenvalue weighted by atomic mass is 16.2. The molecule has 23 heavy (non-hydrogen) atoms. The van der Waals surface area contributed by atoms with Gasteiger partial charge in [0.25, 0.3) is 11.5 Å². The molecule has 3 heterocycles. The summed E-state index contributed by atoms with van der Waals surface area (Å²) in [7, 11) is 0. The van der Waals surface area contributed by atoms with Crippen molar-refractivity contribution in [3.8, 4) is 6.07 Å². The summed E-state index contributed by atoms with van der Waals surface area (Å²) in [4.78, 5) is 31.3. The van der Waals surface area contributed by atoms with Gasteiger partial charge in [0.1, 0.15) is 11.5 Å². The molecule has 0 bridgehead atoms. The standard InChI is InChI=1S/C15H14N6O2/c16-10-11-3-4-17-13(9-11)20-5-7-21(8-6-20)15(23)12-1-2-14(22)19-18-12/h1-4,9H,5-8H2,(H,19,22). The minimum Gasteiger partial charge on any atom is -0.353 e. The van der Waals surface area contributed by atoms with E-state index in [9.17, 15) is 9.59 Å². The first-order valence-electron chi connectivity index (χ1n) is 7.13. The summed E-state index contributed by atoms with van der Waals surface area (Å²) >= 11 is 0. The molecule has 0 saturated carbocycles. The van der Waals surface area contributed by atoms with E-state index >= 15 is 0 Å². The molecule has 2 aromatic heterocycles. The SMILES string of the molecule is N#Cc1ccnc(N2CCN(C(=O)c3ccc(=O)[nH]n3)CC2)c1. The summed E-state index contributed by atoms with van der Waals surface area (Å²) < 4.78 is 0. The number of carbonyl (C=O) groups excluding carboxylic acids is 1. The minimum atomic E-state index is -0.338. The van der Waals surface area contributed by atoms with Crippen LogP contribution in [-0.2, 0) is 0 Å². The average Bonchev–Trinajstić information content (AvgIpc) is 2.62. The molecule has 0 aromatic carbocycles. The number of nitriles is 1. The fourth-order valence-corrected chi connectivity index (χ4v) is 2.43. The molecule has 1 saturated heterocycles. The Kier molecular flexibility index (Phi) is 4.01. The summed E-state index contributed by atoms with van der Waals surface area (Å²) in [5.74, 6) is 0.526. The van der Waals surface area contributed by atoms with Crippen LogP contribution < -0.4 is 10.5 Å². The Labute approximate surface area is 132 Å². The molecule has 116 valence electrons. The van der Waals surface area contributed by atoms with Gasteiger partial charge in [-0.15, -0.1) is 0 Å². The van der Waals surface area contributed by atoms with Crippen LogP contribution in [0.25, 0.3) is 0 Å². The summed E-state index contributed by atoms with van der Waals surface area (Å²) in [6.07, 6.45) is 1.61. The van der Waals surface area contributed by atoms with Crippen LogP contribution in [0.4, 0.5) is 5.82 Å². The highest BCUT2D eigenvalue weighted by Crippen LogP contribution is 2.15. The van der Waals surface area contributed by atoms with Gasteiger partial charge in [-0.1, -0.05) is 0 Å². The monoisotopic (exact) mass is 310 g/mol. The van der Waals surface area contributed by atoms with Crippen molar-refractivity contribution < 1.29 is 4.79 Å². The molecule has 0 atom stereocenters. The van der Waals surface area contributed by atoms with E-state index in [2.05, 4.69) is 21.3 Å². The van der Waals surface area contributed by atoms with Crippen LogP contribution in [0, 0.1) is 11.3 Å². The number of nitrogens with zero attached hydrogens (tertiary/aromatic N) is 5. The van der Waals surface area contributed by atoms with Gasteiger partial charge in [-0.25, -0.2) is 10.1 Å². The molecule has 1 N–H and O–H groups in total. The van der Waals surface area contributed by atoms with Gasteiger partial charge in [-0.2, -0.15) is 10.4 Å². The predicted octanol–water partition coefficient (Wildman–Crippen LogP) is -0.00102. The van der Waals surface area contributed by atoms with Crippen molar-refractivity contribution in [2.45, 2.75) is 0 Å². The minimum absolute atomic E-state index is 0.209. The van der Waals surface area contributed by atoms with Crippen LogP contribution in [0.3, 0.4) is 0 Å². The molecule has 0 spiro atoms. The van der Waals surface area contributed by atoms with Crippen LogP contribution in [0.1, 0.15) is 16.1 Å². The van der Waals surface area contributed by atoms with Gasteiger partial charge in [-0.05, 0) is 18.2 Å². The highest BCUT2D eigenvalue weighted by Gasteiger charge is 2.23. The van der Waals surface area contributed by atoms with Crippen molar-refractivity contribution in [2.24, 2.45) is 0 Å². The van der Waals surface area contributed by atoms with E-state index in [4.69, 9.17) is 5.26 Å². The number of aromatic amines is 1. The third kappa shape index (κ3) is 3.18. The first-order chi connectivity index (χ1) is 11.2. The maximum absolute atomic E-state index is 12.3. The second-order valence-electron chi connectivity index (χ2n) is 5.10. The molecule has 0 unspecified atom stereocenters. The fourth-order valence-electron chi connectivity index (χ4n) is 2.43. The Balaban J connectivity index is 1.66. The van der Waals surface area contributed by atoms with Gasteiger partial charge >= 0.3 is 0 Å². The topological polar surface area (TPSA) is 106 Å². The normalized spacial score (nSPS) is 14.4. The molecule has 3 rings (SSSR count). The Bertz CT molecular complexity index is 797. The van der Waals surface area contributed by atoms with Crippen molar-refractivity contribution in [1.29, 1.82) is 5.26 Å². The lowest BCUT2D eigenvalue weighted by molar-refractivity contribution is 0.0739. The lowest BCUT2D eigenvalue weighted by atomic mass is 10.2. The van der Waals surface area contributed by atoms with Crippen LogP contribution in [-0.4, -0.2) is 52.2 Å². The maximum atomic E-state index is 12.3. The van der Waals surface area contributed by atoms with Crippen molar-refractivity contribution >= 4 is 11.7 Å². The quantitative estimate of drug-likeness (QED) is 0.837. The molecule has 1 aliphatic heterocycles. The molecule has 1 aliphatic rings. The second-order valence-corrected chi connectivity index (χ2v) is 5.10. The van der Waals surface area contributed by atoms with Crippen molar-refractivity contribution in [3.63, 3.8) is 0 Å². The lowest BCUT2D eigenvalue weighted by Gasteiger charge is -2.35. The number of anilines is 1. The molecule has 8 nitrogen and oxygen atoms in total. The second kappa shape index (κ2) is 6.27. The molecular formula is C15H14N6O2. The van der Waals surface area contributed by atoms with Gasteiger partial charge in [0.15, 0.2) is 0 Å². The predicted molar refractivity (Wildman–Crippen MR) is 81.9 cm³/mol. The Hall–Kier alpha value is -3.21. The molecule has 1 amide bonds. The zero-order chi connectivity index (χ0) is 16.2. The maximum Gasteiger partial charge on any atom is 0.274 e. The van der Waals surface area contributed by atoms with E-state index in [0.29, 0.717) is 31.7 Å². The number of hydrogen-bond donors (Lipinski definition) is 1. The molecule has 8 heteroatoms. The number of pyridine rings is 1. The van der Waals surface area contributed by atoms with Crippen molar-refractivity contribution in [2.75, 3.05) is 31.1 Å². The van der Waals surface area contributed by atoms with Crippen LogP contribution in [0.15, 0.2) is 35.3 Å². The number of hydrogen-bond acceptors (Lipinski definition) is 6. The summed E-state index contributed by atoms with van der Waals surface area (Å²) in [5, 5.41) is 15.0. The smallest absolute Gasteiger partial charge is 0.274 e. The summed E-state index contributed by atoms with van der Waals surface area (Å²) in [6.45, 7) is 2.30. The van der Waals surface area contributed by atoms with E-state index in [-0.39, 0.29) is 17.2 Å². The van der Waals surface area contributed by atoms with Crippen LogP contribution >= 0.6 is 0 Å². The Morgan fingerprint density at radius 2 is 2.00 bits per heavy atom. The largest absolute Gasteiger partial charge is 0.353 e. The summed E-state index contributed by atoms with van der Waals surface area (Å²) in [6, 6.07) is 8.19. The van der Waals surface area contributed by atoms with E-state index in [1.54, 1.807) is 23.2 Å². The third-order valence-corrected chi connectivity index (χ3v) is 3.66. The van der Waals surface area contributed by atoms with Gasteiger partial charge in [0.2, 0.25) is 0 Å².